The molecule has 1 aliphatic rings. The lowest BCUT2D eigenvalue weighted by molar-refractivity contribution is -0.148. The van der Waals surface area contributed by atoms with E-state index in [0.717, 1.165) is 5.56 Å². The topological polar surface area (TPSA) is 75.7 Å². The van der Waals surface area contributed by atoms with Gasteiger partial charge in [0.2, 0.25) is 0 Å². The Labute approximate surface area is 224 Å². The van der Waals surface area contributed by atoms with Crippen molar-refractivity contribution in [3.63, 3.8) is 0 Å². The van der Waals surface area contributed by atoms with Crippen LogP contribution in [0.2, 0.25) is 0 Å². The Kier molecular flexibility index (Phi) is 9.47. The van der Waals surface area contributed by atoms with Crippen molar-refractivity contribution >= 4 is 37.6 Å². The highest BCUT2D eigenvalue weighted by Crippen LogP contribution is 2.30. The second-order valence-corrected chi connectivity index (χ2v) is 11.7. The molecular formula is C26H30BrF3N2O4S. The lowest BCUT2D eigenvalue weighted by Crippen LogP contribution is -2.44. The first-order valence-corrected chi connectivity index (χ1v) is 14.0. The van der Waals surface area contributed by atoms with Crippen LogP contribution in [-0.2, 0) is 19.1 Å². The number of nitrogens with one attached hydrogen (secondary N) is 1. The molecule has 0 bridgehead atoms. The summed E-state index contributed by atoms with van der Waals surface area (Å²) in [5.41, 5.74) is 1.76. The van der Waals surface area contributed by atoms with E-state index < -0.39 is 28.8 Å². The van der Waals surface area contributed by atoms with Crippen LogP contribution in [0.15, 0.2) is 63.6 Å². The second kappa shape index (κ2) is 12.0. The number of nitrogens with zero attached hydrogens (tertiary/aromatic N) is 1. The van der Waals surface area contributed by atoms with E-state index in [4.69, 9.17) is 4.18 Å². The molecule has 0 unspecified atom stereocenters. The molecule has 1 N–H and O–H groups in total. The first-order valence-electron chi connectivity index (χ1n) is 11.8. The molecule has 1 atom stereocenters. The highest BCUT2D eigenvalue weighted by molar-refractivity contribution is 9.10. The summed E-state index contributed by atoms with van der Waals surface area (Å²) in [5, 5.41) is 3.27. The molecule has 0 spiro atoms. The lowest BCUT2D eigenvalue weighted by Gasteiger charge is -2.36. The van der Waals surface area contributed by atoms with E-state index in [1.165, 1.54) is 17.0 Å². The van der Waals surface area contributed by atoms with E-state index >= 15 is 0 Å². The normalized spacial score (nSPS) is 17.2. The van der Waals surface area contributed by atoms with Crippen LogP contribution in [0.25, 0.3) is 5.57 Å². The molecule has 1 aliphatic heterocycles. The highest BCUT2D eigenvalue weighted by Gasteiger charge is 2.34. The number of carbonyl (C=O) groups excluding carboxylic acids is 1. The zero-order valence-corrected chi connectivity index (χ0v) is 23.2. The summed E-state index contributed by atoms with van der Waals surface area (Å²) in [6, 6.07) is 12.7. The van der Waals surface area contributed by atoms with Crippen LogP contribution in [0.5, 0.6) is 0 Å². The van der Waals surface area contributed by atoms with Gasteiger partial charge >= 0.3 is 22.3 Å². The summed E-state index contributed by atoms with van der Waals surface area (Å²) in [6.07, 6.45) is -3.10. The fraction of sp³-hybridized carbons (Fsp3) is 0.423. The zero-order chi connectivity index (χ0) is 27.4. The second-order valence-electron chi connectivity index (χ2n) is 9.28. The van der Waals surface area contributed by atoms with Crippen molar-refractivity contribution in [2.45, 2.75) is 50.7 Å². The number of hydrogen-bond donors (Lipinski definition) is 1. The number of hydrogen-bond acceptors (Lipinski definition) is 6. The van der Waals surface area contributed by atoms with Gasteiger partial charge in [-0.2, -0.15) is 21.6 Å². The Morgan fingerprint density at radius 2 is 1.73 bits per heavy atom. The Hall–Kier alpha value is -2.37. The minimum atomic E-state index is -4.37. The largest absolute Gasteiger partial charge is 0.401 e. The van der Waals surface area contributed by atoms with Crippen molar-refractivity contribution in [3.8, 4) is 0 Å². The van der Waals surface area contributed by atoms with Crippen LogP contribution in [-0.4, -0.2) is 51.1 Å². The third-order valence-corrected chi connectivity index (χ3v) is 8.32. The van der Waals surface area contributed by atoms with Crippen LogP contribution >= 0.6 is 15.9 Å². The van der Waals surface area contributed by atoms with E-state index in [0.29, 0.717) is 41.7 Å². The molecule has 202 valence electrons. The van der Waals surface area contributed by atoms with E-state index in [2.05, 4.69) is 21.2 Å². The van der Waals surface area contributed by atoms with Crippen LogP contribution in [0, 0.1) is 12.8 Å². The molecule has 1 fully saturated rings. The SMILES string of the molecule is C/C(N[C@H](C)C1CCN(CC(F)(F)F)CC1)=C(/C(=O)OS(=O)(=O)c1ccc(C)cc1)c1ccccc1Br. The summed E-state index contributed by atoms with van der Waals surface area (Å²) in [7, 11) is -4.37. The van der Waals surface area contributed by atoms with Crippen molar-refractivity contribution in [1.29, 1.82) is 0 Å². The van der Waals surface area contributed by atoms with Crippen LogP contribution < -0.4 is 5.32 Å². The van der Waals surface area contributed by atoms with Crippen molar-refractivity contribution in [2.75, 3.05) is 19.6 Å². The standard InChI is InChI=1S/C26H30BrF3N2O4S/c1-17-8-10-21(11-9-17)37(34,35)36-25(33)24(22-6-4-5-7-23(22)27)19(3)31-18(2)20-12-14-32(15-13-20)16-26(28,29)30/h4-11,18,20,31H,12-16H2,1-3H3/b24-19-/t18-/m1/s1. The van der Waals surface area contributed by atoms with E-state index in [1.54, 1.807) is 43.3 Å². The summed E-state index contributed by atoms with van der Waals surface area (Å²) in [4.78, 5) is 14.6. The molecule has 0 aromatic heterocycles. The molecule has 6 nitrogen and oxygen atoms in total. The molecule has 2 aromatic rings. The van der Waals surface area contributed by atoms with Gasteiger partial charge in [0, 0.05) is 21.8 Å². The fourth-order valence-electron chi connectivity index (χ4n) is 4.42. The molecule has 0 aliphatic carbocycles. The third kappa shape index (κ3) is 8.05. The summed E-state index contributed by atoms with van der Waals surface area (Å²) >= 11 is 3.42. The molecule has 0 radical (unpaired) electrons. The molecule has 0 saturated carbocycles. The number of rotatable bonds is 8. The van der Waals surface area contributed by atoms with Gasteiger partial charge in [0.15, 0.2) is 0 Å². The van der Waals surface area contributed by atoms with Gasteiger partial charge in [-0.1, -0.05) is 51.8 Å². The van der Waals surface area contributed by atoms with Gasteiger partial charge in [-0.15, -0.1) is 0 Å². The van der Waals surface area contributed by atoms with Crippen molar-refractivity contribution in [2.24, 2.45) is 5.92 Å². The first kappa shape index (κ1) is 29.2. The fourth-order valence-corrected chi connectivity index (χ4v) is 5.75. The highest BCUT2D eigenvalue weighted by atomic mass is 79.9. The zero-order valence-electron chi connectivity index (χ0n) is 20.8. The van der Waals surface area contributed by atoms with Crippen LogP contribution in [0.4, 0.5) is 13.2 Å². The molecular weight excluding hydrogens is 573 g/mol. The summed E-state index contributed by atoms with van der Waals surface area (Å²) in [5.74, 6) is -0.961. The van der Waals surface area contributed by atoms with E-state index in [1.807, 2.05) is 13.8 Å². The molecule has 11 heteroatoms. The quantitative estimate of drug-likeness (QED) is 0.310. The van der Waals surface area contributed by atoms with Crippen molar-refractivity contribution in [3.05, 3.63) is 69.8 Å². The first-order chi connectivity index (χ1) is 17.3. The van der Waals surface area contributed by atoms with Crippen molar-refractivity contribution < 1.29 is 30.6 Å². The lowest BCUT2D eigenvalue weighted by atomic mass is 9.90. The minimum absolute atomic E-state index is 0.0459. The predicted molar refractivity (Wildman–Crippen MR) is 139 cm³/mol. The summed E-state index contributed by atoms with van der Waals surface area (Å²) in [6.45, 7) is 5.10. The number of aryl methyl sites for hydroxylation is 1. The summed E-state index contributed by atoms with van der Waals surface area (Å²) < 4.78 is 69.4. The number of benzene rings is 2. The Morgan fingerprint density at radius 1 is 1.14 bits per heavy atom. The number of likely N-dealkylation sites (tertiary alicyclic amines) is 1. The molecule has 0 amide bonds. The maximum Gasteiger partial charge on any atom is 0.401 e. The Bertz CT molecular complexity index is 1240. The molecule has 37 heavy (non-hydrogen) atoms. The van der Waals surface area contributed by atoms with Gasteiger partial charge in [-0.25, -0.2) is 4.79 Å². The maximum absolute atomic E-state index is 13.3. The molecule has 1 saturated heterocycles. The van der Waals surface area contributed by atoms with E-state index in [9.17, 15) is 26.4 Å². The number of allylic oxidation sites excluding steroid dienone is 1. The average molecular weight is 604 g/mol. The minimum Gasteiger partial charge on any atom is -0.385 e. The maximum atomic E-state index is 13.3. The van der Waals surface area contributed by atoms with Gasteiger partial charge < -0.3 is 9.50 Å². The van der Waals surface area contributed by atoms with Gasteiger partial charge in [0.1, 0.15) is 4.90 Å². The molecule has 1 heterocycles. The predicted octanol–water partition coefficient (Wildman–Crippen LogP) is 5.67. The number of carbonyl (C=O) groups is 1. The number of halogens is 4. The number of piperidine rings is 1. The van der Waals surface area contributed by atoms with Gasteiger partial charge in [-0.3, -0.25) is 4.90 Å². The third-order valence-electron chi connectivity index (χ3n) is 6.40. The Balaban J connectivity index is 1.82. The van der Waals surface area contributed by atoms with Gasteiger partial charge in [0.05, 0.1) is 12.1 Å². The van der Waals surface area contributed by atoms with Gasteiger partial charge in [0.25, 0.3) is 0 Å². The Morgan fingerprint density at radius 3 is 2.30 bits per heavy atom. The van der Waals surface area contributed by atoms with E-state index in [-0.39, 0.29) is 22.4 Å². The van der Waals surface area contributed by atoms with Gasteiger partial charge in [-0.05, 0) is 70.8 Å². The molecule has 3 rings (SSSR count). The number of alkyl halides is 3. The smallest absolute Gasteiger partial charge is 0.385 e. The van der Waals surface area contributed by atoms with Crippen LogP contribution in [0.3, 0.4) is 0 Å². The van der Waals surface area contributed by atoms with Crippen LogP contribution in [0.1, 0.15) is 37.8 Å². The monoisotopic (exact) mass is 602 g/mol. The molecule has 2 aromatic carbocycles. The van der Waals surface area contributed by atoms with Crippen molar-refractivity contribution in [1.82, 2.24) is 10.2 Å². The average Bonchev–Trinajstić information content (AvgIpc) is 2.80.